The van der Waals surface area contributed by atoms with Crippen LogP contribution in [0.15, 0.2) is 24.3 Å². The highest BCUT2D eigenvalue weighted by Crippen LogP contribution is 2.11. The van der Waals surface area contributed by atoms with Crippen molar-refractivity contribution in [2.75, 3.05) is 37.4 Å². The Labute approximate surface area is 112 Å². The summed E-state index contributed by atoms with van der Waals surface area (Å²) in [7, 11) is 0. The topological polar surface area (TPSA) is 98.8 Å². The maximum Gasteiger partial charge on any atom is 0.241 e. The van der Waals surface area contributed by atoms with Crippen LogP contribution in [0.25, 0.3) is 0 Å². The first-order valence-electron chi connectivity index (χ1n) is 6.20. The van der Waals surface area contributed by atoms with Gasteiger partial charge in [0.1, 0.15) is 0 Å². The zero-order chi connectivity index (χ0) is 14.3. The summed E-state index contributed by atoms with van der Waals surface area (Å²) in [5.41, 5.74) is 6.87. The van der Waals surface area contributed by atoms with Crippen LogP contribution in [-0.4, -0.2) is 53.4 Å². The molecule has 0 aliphatic rings. The van der Waals surface area contributed by atoms with Gasteiger partial charge in [-0.1, -0.05) is 0 Å². The van der Waals surface area contributed by atoms with Gasteiger partial charge in [0.25, 0.3) is 0 Å². The van der Waals surface area contributed by atoms with Gasteiger partial charge in [-0.25, -0.2) is 0 Å². The smallest absolute Gasteiger partial charge is 0.241 e. The first-order valence-corrected chi connectivity index (χ1v) is 6.20. The molecule has 6 heteroatoms. The largest absolute Gasteiger partial charge is 0.399 e. The lowest BCUT2D eigenvalue weighted by molar-refractivity contribution is -0.121. The van der Waals surface area contributed by atoms with Crippen molar-refractivity contribution in [2.45, 2.75) is 13.0 Å². The van der Waals surface area contributed by atoms with Crippen molar-refractivity contribution in [1.82, 2.24) is 4.90 Å². The van der Waals surface area contributed by atoms with Crippen LogP contribution < -0.4 is 11.1 Å². The molecule has 0 spiro atoms. The Morgan fingerprint density at radius 1 is 1.26 bits per heavy atom. The van der Waals surface area contributed by atoms with Crippen LogP contribution in [0, 0.1) is 0 Å². The molecule has 0 saturated carbocycles. The number of nitrogen functional groups attached to an aromatic ring is 1. The minimum atomic E-state index is -0.433. The molecule has 19 heavy (non-hydrogen) atoms. The SMILES string of the molecule is CC(C(=O)Nc1ccc(N)cc1)N(CCO)CCO. The molecule has 1 amide bonds. The van der Waals surface area contributed by atoms with Crippen LogP contribution >= 0.6 is 0 Å². The van der Waals surface area contributed by atoms with E-state index in [2.05, 4.69) is 5.32 Å². The van der Waals surface area contributed by atoms with Gasteiger partial charge >= 0.3 is 0 Å². The molecule has 5 N–H and O–H groups in total. The number of hydrogen-bond donors (Lipinski definition) is 4. The monoisotopic (exact) mass is 267 g/mol. The molecule has 0 radical (unpaired) electrons. The highest BCUT2D eigenvalue weighted by atomic mass is 16.3. The molecular formula is C13H21N3O3. The highest BCUT2D eigenvalue weighted by Gasteiger charge is 2.20. The molecular weight excluding hydrogens is 246 g/mol. The third-order valence-corrected chi connectivity index (χ3v) is 2.88. The van der Waals surface area contributed by atoms with Crippen LogP contribution in [0.4, 0.5) is 11.4 Å². The number of anilines is 2. The average Bonchev–Trinajstić information content (AvgIpc) is 2.40. The van der Waals surface area contributed by atoms with Crippen molar-refractivity contribution in [3.05, 3.63) is 24.3 Å². The lowest BCUT2D eigenvalue weighted by Gasteiger charge is -2.26. The van der Waals surface area contributed by atoms with Gasteiger partial charge in [-0.3, -0.25) is 9.69 Å². The average molecular weight is 267 g/mol. The van der Waals surface area contributed by atoms with Crippen LogP contribution in [-0.2, 0) is 4.79 Å². The zero-order valence-electron chi connectivity index (χ0n) is 11.0. The number of rotatable bonds is 7. The predicted octanol–water partition coefficient (Wildman–Crippen LogP) is -0.118. The maximum absolute atomic E-state index is 12.0. The summed E-state index contributed by atoms with van der Waals surface area (Å²) in [6.45, 7) is 2.31. The second-order valence-corrected chi connectivity index (χ2v) is 4.27. The molecule has 0 bridgehead atoms. The molecule has 106 valence electrons. The Morgan fingerprint density at radius 3 is 2.26 bits per heavy atom. The van der Waals surface area contributed by atoms with E-state index in [1.165, 1.54) is 0 Å². The zero-order valence-corrected chi connectivity index (χ0v) is 11.0. The predicted molar refractivity (Wildman–Crippen MR) is 74.7 cm³/mol. The van der Waals surface area contributed by atoms with Crippen molar-refractivity contribution in [1.29, 1.82) is 0 Å². The summed E-state index contributed by atoms with van der Waals surface area (Å²) in [6.07, 6.45) is 0. The second kappa shape index (κ2) is 7.73. The molecule has 0 aromatic heterocycles. The van der Waals surface area contributed by atoms with Gasteiger partial charge in [0.15, 0.2) is 0 Å². The summed E-state index contributed by atoms with van der Waals surface area (Å²) in [6, 6.07) is 6.43. The third kappa shape index (κ3) is 4.86. The molecule has 1 aromatic carbocycles. The van der Waals surface area contributed by atoms with E-state index in [0.717, 1.165) is 0 Å². The minimum absolute atomic E-state index is 0.0561. The number of nitrogens with one attached hydrogen (secondary N) is 1. The standard InChI is InChI=1S/C13H21N3O3/c1-10(16(6-8-17)7-9-18)13(19)15-12-4-2-11(14)3-5-12/h2-5,10,17-18H,6-9,14H2,1H3,(H,15,19). The van der Waals surface area contributed by atoms with Crippen LogP contribution in [0.5, 0.6) is 0 Å². The van der Waals surface area contributed by atoms with Gasteiger partial charge in [0, 0.05) is 24.5 Å². The van der Waals surface area contributed by atoms with Gasteiger partial charge in [-0.05, 0) is 31.2 Å². The van der Waals surface area contributed by atoms with E-state index in [-0.39, 0.29) is 19.1 Å². The first kappa shape index (κ1) is 15.4. The number of carbonyl (C=O) groups is 1. The summed E-state index contributed by atoms with van der Waals surface area (Å²) >= 11 is 0. The molecule has 1 rings (SSSR count). The first-order chi connectivity index (χ1) is 9.08. The number of amides is 1. The van der Waals surface area contributed by atoms with E-state index in [1.54, 1.807) is 36.1 Å². The number of nitrogens with zero attached hydrogens (tertiary/aromatic N) is 1. The fraction of sp³-hybridized carbons (Fsp3) is 0.462. The van der Waals surface area contributed by atoms with Crippen LogP contribution in [0.3, 0.4) is 0 Å². The fourth-order valence-corrected chi connectivity index (χ4v) is 1.73. The molecule has 0 fully saturated rings. The normalized spacial score (nSPS) is 12.4. The van der Waals surface area contributed by atoms with Gasteiger partial charge in [0.2, 0.25) is 5.91 Å². The molecule has 0 aliphatic heterocycles. The number of aliphatic hydroxyl groups is 2. The highest BCUT2D eigenvalue weighted by molar-refractivity contribution is 5.94. The molecule has 6 nitrogen and oxygen atoms in total. The number of carbonyl (C=O) groups excluding carboxylic acids is 1. The van der Waals surface area contributed by atoms with E-state index >= 15 is 0 Å². The Bertz CT molecular complexity index is 389. The van der Waals surface area contributed by atoms with Gasteiger partial charge in [-0.2, -0.15) is 0 Å². The van der Waals surface area contributed by atoms with Gasteiger partial charge in [0.05, 0.1) is 19.3 Å². The molecule has 0 saturated heterocycles. The summed E-state index contributed by atoms with van der Waals surface area (Å²) in [4.78, 5) is 13.8. The number of benzene rings is 1. The lowest BCUT2D eigenvalue weighted by Crippen LogP contribution is -2.44. The minimum Gasteiger partial charge on any atom is -0.399 e. The van der Waals surface area contributed by atoms with E-state index in [0.29, 0.717) is 24.5 Å². The number of hydrogen-bond acceptors (Lipinski definition) is 5. The Hall–Kier alpha value is -1.63. The summed E-state index contributed by atoms with van der Waals surface area (Å²) in [5.74, 6) is -0.188. The van der Waals surface area contributed by atoms with Crippen molar-refractivity contribution >= 4 is 17.3 Å². The van der Waals surface area contributed by atoms with Gasteiger partial charge < -0.3 is 21.3 Å². The van der Waals surface area contributed by atoms with Crippen molar-refractivity contribution in [2.24, 2.45) is 0 Å². The Morgan fingerprint density at radius 2 is 1.79 bits per heavy atom. The van der Waals surface area contributed by atoms with Crippen LogP contribution in [0.1, 0.15) is 6.92 Å². The molecule has 1 unspecified atom stereocenters. The number of nitrogens with two attached hydrogens (primary N) is 1. The van der Waals surface area contributed by atoms with Crippen molar-refractivity contribution < 1.29 is 15.0 Å². The molecule has 1 atom stereocenters. The Balaban J connectivity index is 2.62. The lowest BCUT2D eigenvalue weighted by atomic mass is 10.2. The summed E-state index contributed by atoms with van der Waals surface area (Å²) < 4.78 is 0. The molecule has 1 aromatic rings. The number of aliphatic hydroxyl groups excluding tert-OH is 2. The quantitative estimate of drug-likeness (QED) is 0.516. The Kier molecular flexibility index (Phi) is 6.27. The van der Waals surface area contributed by atoms with E-state index < -0.39 is 6.04 Å². The van der Waals surface area contributed by atoms with Gasteiger partial charge in [-0.15, -0.1) is 0 Å². The van der Waals surface area contributed by atoms with Crippen molar-refractivity contribution in [3.8, 4) is 0 Å². The van der Waals surface area contributed by atoms with E-state index in [9.17, 15) is 4.79 Å². The fourth-order valence-electron chi connectivity index (χ4n) is 1.73. The maximum atomic E-state index is 12.0. The van der Waals surface area contributed by atoms with E-state index in [4.69, 9.17) is 15.9 Å². The van der Waals surface area contributed by atoms with Crippen LogP contribution in [0.2, 0.25) is 0 Å². The van der Waals surface area contributed by atoms with Crippen molar-refractivity contribution in [3.63, 3.8) is 0 Å². The third-order valence-electron chi connectivity index (χ3n) is 2.88. The van der Waals surface area contributed by atoms with E-state index in [1.807, 2.05) is 0 Å². The molecule has 0 heterocycles. The second-order valence-electron chi connectivity index (χ2n) is 4.27. The molecule has 0 aliphatic carbocycles. The summed E-state index contributed by atoms with van der Waals surface area (Å²) in [5, 5.41) is 20.7.